The number of nitrogens with one attached hydrogen (secondary N) is 2. The Labute approximate surface area is 79.7 Å². The Morgan fingerprint density at radius 1 is 1.36 bits per heavy atom. The predicted octanol–water partition coefficient (Wildman–Crippen LogP) is -1.23. The lowest BCUT2D eigenvalue weighted by molar-refractivity contribution is 0.101. The van der Waals surface area contributed by atoms with Crippen molar-refractivity contribution in [2.24, 2.45) is 5.73 Å². The van der Waals surface area contributed by atoms with E-state index in [-0.39, 0.29) is 15.9 Å². The van der Waals surface area contributed by atoms with Gasteiger partial charge in [-0.25, -0.2) is 4.79 Å². The molecule has 0 aliphatic rings. The zero-order chi connectivity index (χ0) is 10.3. The predicted molar refractivity (Wildman–Crippen MR) is 49.4 cm³/mol. The monoisotopic (exact) mass is 212 g/mol. The molecule has 2 rings (SSSR count). The molecule has 0 bridgehead atoms. The highest BCUT2D eigenvalue weighted by molar-refractivity contribution is 7.09. The van der Waals surface area contributed by atoms with Crippen molar-refractivity contribution in [1.82, 2.24) is 14.3 Å². The summed E-state index contributed by atoms with van der Waals surface area (Å²) in [6, 6.07) is 0. The van der Waals surface area contributed by atoms with Crippen molar-refractivity contribution in [2.45, 2.75) is 0 Å². The second-order valence-electron chi connectivity index (χ2n) is 2.51. The molecule has 0 unspecified atom stereocenters. The van der Waals surface area contributed by atoms with Gasteiger partial charge in [0.05, 0.1) is 0 Å². The van der Waals surface area contributed by atoms with E-state index in [4.69, 9.17) is 5.73 Å². The number of carbonyl (C=O) groups is 1. The van der Waals surface area contributed by atoms with Gasteiger partial charge < -0.3 is 5.73 Å². The van der Waals surface area contributed by atoms with Crippen molar-refractivity contribution in [2.75, 3.05) is 0 Å². The Hall–Kier alpha value is -1.96. The summed E-state index contributed by atoms with van der Waals surface area (Å²) in [7, 11) is 0. The summed E-state index contributed by atoms with van der Waals surface area (Å²) in [5, 5.41) is 0.0297. The highest BCUT2D eigenvalue weighted by Crippen LogP contribution is 2.14. The number of hydrogen-bond donors (Lipinski definition) is 3. The van der Waals surface area contributed by atoms with Crippen LogP contribution in [0.25, 0.3) is 11.0 Å². The van der Waals surface area contributed by atoms with Crippen LogP contribution < -0.4 is 17.0 Å². The lowest BCUT2D eigenvalue weighted by Gasteiger charge is -1.88. The first-order chi connectivity index (χ1) is 6.59. The van der Waals surface area contributed by atoms with Crippen LogP contribution >= 0.6 is 11.5 Å². The summed E-state index contributed by atoms with van der Waals surface area (Å²) in [5.41, 5.74) is 3.78. The number of aromatic amines is 2. The van der Waals surface area contributed by atoms with Gasteiger partial charge in [0.15, 0.2) is 5.65 Å². The van der Waals surface area contributed by atoms with Gasteiger partial charge in [-0.05, 0) is 11.5 Å². The fourth-order valence-corrected chi connectivity index (χ4v) is 1.75. The fourth-order valence-electron chi connectivity index (χ4n) is 1.06. The topological polar surface area (TPSA) is 122 Å². The maximum atomic E-state index is 11.3. The maximum absolute atomic E-state index is 11.3. The van der Waals surface area contributed by atoms with E-state index in [1.165, 1.54) is 0 Å². The van der Waals surface area contributed by atoms with Crippen LogP contribution in [-0.4, -0.2) is 20.2 Å². The van der Waals surface area contributed by atoms with Crippen LogP contribution in [0.3, 0.4) is 0 Å². The van der Waals surface area contributed by atoms with E-state index in [0.717, 1.165) is 11.5 Å². The molecule has 0 fully saturated rings. The summed E-state index contributed by atoms with van der Waals surface area (Å²) in [6.45, 7) is 0. The molecular formula is C6H4N4O3S. The van der Waals surface area contributed by atoms with Gasteiger partial charge in [0, 0.05) is 0 Å². The highest BCUT2D eigenvalue weighted by atomic mass is 32.1. The van der Waals surface area contributed by atoms with Crippen molar-refractivity contribution >= 4 is 28.5 Å². The van der Waals surface area contributed by atoms with E-state index in [1.807, 2.05) is 4.98 Å². The summed E-state index contributed by atoms with van der Waals surface area (Å²) in [5.74, 6) is -0.741. The van der Waals surface area contributed by atoms with Crippen LogP contribution in [0, 0.1) is 0 Å². The Kier molecular flexibility index (Phi) is 1.71. The minimum atomic E-state index is -0.741. The van der Waals surface area contributed by atoms with Gasteiger partial charge in [-0.15, -0.1) is 0 Å². The van der Waals surface area contributed by atoms with Gasteiger partial charge in [0.25, 0.3) is 11.5 Å². The van der Waals surface area contributed by atoms with Crippen molar-refractivity contribution < 1.29 is 4.79 Å². The normalized spacial score (nSPS) is 10.6. The molecule has 4 N–H and O–H groups in total. The van der Waals surface area contributed by atoms with Crippen LogP contribution in [0.2, 0.25) is 0 Å². The molecule has 1 amide bonds. The highest BCUT2D eigenvalue weighted by Gasteiger charge is 2.14. The first-order valence-corrected chi connectivity index (χ1v) is 4.28. The van der Waals surface area contributed by atoms with E-state index in [2.05, 4.69) is 9.36 Å². The number of hydrogen-bond acceptors (Lipinski definition) is 5. The summed E-state index contributed by atoms with van der Waals surface area (Å²) >= 11 is 0.779. The lowest BCUT2D eigenvalue weighted by Crippen LogP contribution is -2.23. The zero-order valence-electron chi connectivity index (χ0n) is 6.66. The fraction of sp³-hybridized carbons (Fsp3) is 0. The van der Waals surface area contributed by atoms with Gasteiger partial charge in [-0.1, -0.05) is 0 Å². The molecule has 7 nitrogen and oxygen atoms in total. The molecule has 0 spiro atoms. The summed E-state index contributed by atoms with van der Waals surface area (Å²) in [4.78, 5) is 37.3. The van der Waals surface area contributed by atoms with Gasteiger partial charge >= 0.3 is 5.69 Å². The Morgan fingerprint density at radius 2 is 2.07 bits per heavy atom. The van der Waals surface area contributed by atoms with Crippen molar-refractivity contribution in [3.8, 4) is 0 Å². The van der Waals surface area contributed by atoms with E-state index < -0.39 is 17.2 Å². The number of amides is 1. The quantitative estimate of drug-likeness (QED) is 0.547. The summed E-state index contributed by atoms with van der Waals surface area (Å²) in [6.07, 6.45) is 0. The third kappa shape index (κ3) is 1.12. The van der Waals surface area contributed by atoms with Gasteiger partial charge in [0.1, 0.15) is 10.3 Å². The molecule has 2 aromatic rings. The molecule has 72 valence electrons. The third-order valence-electron chi connectivity index (χ3n) is 1.60. The van der Waals surface area contributed by atoms with Crippen LogP contribution in [0.1, 0.15) is 9.67 Å². The van der Waals surface area contributed by atoms with Gasteiger partial charge in [0.2, 0.25) is 0 Å². The molecule has 0 aromatic carbocycles. The number of H-pyrrole nitrogens is 2. The van der Waals surface area contributed by atoms with Crippen LogP contribution in [0.4, 0.5) is 0 Å². The number of carbonyl (C=O) groups excluding carboxylic acids is 1. The Bertz CT molecular complexity index is 622. The minimum Gasteiger partial charge on any atom is -0.365 e. The first kappa shape index (κ1) is 8.63. The second kappa shape index (κ2) is 2.77. The molecule has 0 aliphatic heterocycles. The van der Waals surface area contributed by atoms with Crippen LogP contribution in [0.5, 0.6) is 0 Å². The van der Waals surface area contributed by atoms with Crippen LogP contribution in [0.15, 0.2) is 9.59 Å². The Morgan fingerprint density at radius 3 is 2.71 bits per heavy atom. The second-order valence-corrected chi connectivity index (χ2v) is 3.28. The molecule has 0 aliphatic carbocycles. The van der Waals surface area contributed by atoms with E-state index >= 15 is 0 Å². The smallest absolute Gasteiger partial charge is 0.327 e. The number of aromatic nitrogens is 3. The van der Waals surface area contributed by atoms with E-state index in [9.17, 15) is 14.4 Å². The number of rotatable bonds is 1. The third-order valence-corrected chi connectivity index (χ3v) is 2.46. The molecule has 8 heteroatoms. The molecule has 0 saturated carbocycles. The molecule has 14 heavy (non-hydrogen) atoms. The molecule has 0 saturated heterocycles. The molecule has 2 aromatic heterocycles. The molecule has 0 atom stereocenters. The van der Waals surface area contributed by atoms with E-state index in [0.29, 0.717) is 0 Å². The van der Waals surface area contributed by atoms with Crippen molar-refractivity contribution in [3.63, 3.8) is 0 Å². The average molecular weight is 212 g/mol. The van der Waals surface area contributed by atoms with Crippen molar-refractivity contribution in [1.29, 1.82) is 0 Å². The zero-order valence-corrected chi connectivity index (χ0v) is 7.47. The van der Waals surface area contributed by atoms with E-state index in [1.54, 1.807) is 0 Å². The first-order valence-electron chi connectivity index (χ1n) is 3.51. The average Bonchev–Trinajstić information content (AvgIpc) is 2.47. The summed E-state index contributed by atoms with van der Waals surface area (Å²) < 4.78 is 3.73. The number of primary amides is 1. The Balaban J connectivity index is 3.00. The van der Waals surface area contributed by atoms with Gasteiger partial charge in [-0.2, -0.15) is 4.37 Å². The van der Waals surface area contributed by atoms with Crippen LogP contribution in [-0.2, 0) is 0 Å². The minimum absolute atomic E-state index is 0.0297. The van der Waals surface area contributed by atoms with Gasteiger partial charge in [-0.3, -0.25) is 19.6 Å². The number of fused-ring (bicyclic) bond motifs is 1. The largest absolute Gasteiger partial charge is 0.365 e. The molecular weight excluding hydrogens is 208 g/mol. The SMILES string of the molecule is NC(=O)c1snc2[nH]c(=O)[nH]c(=O)c12. The van der Waals surface area contributed by atoms with Crippen molar-refractivity contribution in [3.05, 3.63) is 25.7 Å². The molecule has 0 radical (unpaired) electrons. The number of nitrogens with two attached hydrogens (primary N) is 1. The molecule has 2 heterocycles. The lowest BCUT2D eigenvalue weighted by atomic mass is 10.3. The number of nitrogens with zero attached hydrogens (tertiary/aromatic N) is 1. The standard InChI is InChI=1S/C6H4N4O3S/c7-3(11)2-1-4(10-14-2)8-6(13)9-5(1)12/h(H2,7,11)(H2,8,9,10,12,13). The maximum Gasteiger partial charge on any atom is 0.327 e.